The number of aryl methyl sites for hydroxylation is 1. The molecule has 0 heterocycles. The molecule has 1 aromatic rings. The Hall–Kier alpha value is -1.71. The van der Waals surface area contributed by atoms with Gasteiger partial charge in [0.2, 0.25) is 0 Å². The summed E-state index contributed by atoms with van der Waals surface area (Å²) in [5, 5.41) is 18.1. The molecule has 0 saturated heterocycles. The lowest BCUT2D eigenvalue weighted by Crippen LogP contribution is -2.04. The summed E-state index contributed by atoms with van der Waals surface area (Å²) >= 11 is 0. The Balaban J connectivity index is 3.03. The van der Waals surface area contributed by atoms with Crippen LogP contribution >= 0.6 is 0 Å². The van der Waals surface area contributed by atoms with Gasteiger partial charge in [0.25, 0.3) is 0 Å². The van der Waals surface area contributed by atoms with Crippen molar-refractivity contribution in [2.45, 2.75) is 26.7 Å². The number of hydrogen-bond donors (Lipinski definition) is 2. The van der Waals surface area contributed by atoms with Crippen molar-refractivity contribution in [2.75, 3.05) is 0 Å². The molecule has 0 aromatic heterocycles. The van der Waals surface area contributed by atoms with Gasteiger partial charge in [0.1, 0.15) is 0 Å². The Kier molecular flexibility index (Phi) is 3.55. The van der Waals surface area contributed by atoms with Gasteiger partial charge in [-0.3, -0.25) is 0 Å². The lowest BCUT2D eigenvalue weighted by molar-refractivity contribution is 0.143. The molecule has 0 atom stereocenters. The highest BCUT2D eigenvalue weighted by molar-refractivity contribution is 5.64. The number of benzene rings is 1. The van der Waals surface area contributed by atoms with Crippen molar-refractivity contribution < 1.29 is 19.7 Å². The van der Waals surface area contributed by atoms with Gasteiger partial charge in [-0.15, -0.1) is 0 Å². The second-order valence-corrected chi connectivity index (χ2v) is 3.31. The van der Waals surface area contributed by atoms with Gasteiger partial charge in [-0.25, -0.2) is 4.79 Å². The third kappa shape index (κ3) is 2.62. The molecule has 0 saturated carbocycles. The van der Waals surface area contributed by atoms with Crippen molar-refractivity contribution in [3.8, 4) is 11.5 Å². The van der Waals surface area contributed by atoms with Crippen molar-refractivity contribution in [3.05, 3.63) is 23.3 Å². The molecule has 0 bridgehead atoms. The first-order valence-electron chi connectivity index (χ1n) is 4.78. The number of rotatable bonds is 3. The summed E-state index contributed by atoms with van der Waals surface area (Å²) in [7, 11) is 0. The van der Waals surface area contributed by atoms with Crippen molar-refractivity contribution in [3.63, 3.8) is 0 Å². The van der Waals surface area contributed by atoms with E-state index in [2.05, 4.69) is 4.74 Å². The summed E-state index contributed by atoms with van der Waals surface area (Å²) < 4.78 is 4.43. The summed E-state index contributed by atoms with van der Waals surface area (Å²) in [4.78, 5) is 10.3. The predicted octanol–water partition coefficient (Wildman–Crippen LogP) is 2.71. The minimum absolute atomic E-state index is 0.0140. The number of hydrogen-bond acceptors (Lipinski definition) is 3. The van der Waals surface area contributed by atoms with E-state index in [-0.39, 0.29) is 11.5 Å². The van der Waals surface area contributed by atoms with Crippen LogP contribution in [0.25, 0.3) is 0 Å². The number of ether oxygens (including phenoxy) is 1. The first kappa shape index (κ1) is 11.4. The fraction of sp³-hybridized carbons (Fsp3) is 0.364. The van der Waals surface area contributed by atoms with E-state index in [1.54, 1.807) is 13.0 Å². The molecule has 0 fully saturated rings. The maximum Gasteiger partial charge on any atom is 0.511 e. The molecule has 1 rings (SSSR count). The van der Waals surface area contributed by atoms with Crippen molar-refractivity contribution in [2.24, 2.45) is 0 Å². The maximum atomic E-state index is 10.3. The SMILES string of the molecule is CCCc1ccc(OC(=O)O)c(O)c1C. The van der Waals surface area contributed by atoms with Gasteiger partial charge in [-0.05, 0) is 30.5 Å². The molecule has 0 aliphatic carbocycles. The molecule has 4 nitrogen and oxygen atoms in total. The lowest BCUT2D eigenvalue weighted by atomic mass is 10.0. The zero-order chi connectivity index (χ0) is 11.4. The van der Waals surface area contributed by atoms with Crippen LogP contribution in [-0.4, -0.2) is 16.4 Å². The maximum absolute atomic E-state index is 10.3. The molecule has 0 unspecified atom stereocenters. The molecule has 1 aromatic carbocycles. The third-order valence-electron chi connectivity index (χ3n) is 2.22. The molecular formula is C11H14O4. The van der Waals surface area contributed by atoms with E-state index >= 15 is 0 Å². The van der Waals surface area contributed by atoms with Crippen molar-refractivity contribution in [1.82, 2.24) is 0 Å². The fourth-order valence-electron chi connectivity index (χ4n) is 1.43. The summed E-state index contributed by atoms with van der Waals surface area (Å²) in [6.45, 7) is 3.78. The molecule has 0 radical (unpaired) electrons. The molecule has 15 heavy (non-hydrogen) atoms. The second kappa shape index (κ2) is 4.68. The molecular weight excluding hydrogens is 196 g/mol. The van der Waals surface area contributed by atoms with E-state index in [1.165, 1.54) is 6.07 Å². The van der Waals surface area contributed by atoms with Crippen molar-refractivity contribution in [1.29, 1.82) is 0 Å². The monoisotopic (exact) mass is 210 g/mol. The van der Waals surface area contributed by atoms with Crippen LogP contribution in [0.15, 0.2) is 12.1 Å². The lowest BCUT2D eigenvalue weighted by Gasteiger charge is -2.09. The molecule has 2 N–H and O–H groups in total. The third-order valence-corrected chi connectivity index (χ3v) is 2.22. The van der Waals surface area contributed by atoms with Crippen LogP contribution in [0.5, 0.6) is 11.5 Å². The highest BCUT2D eigenvalue weighted by Gasteiger charge is 2.11. The largest absolute Gasteiger partial charge is 0.511 e. The van der Waals surface area contributed by atoms with Crippen LogP contribution < -0.4 is 4.74 Å². The van der Waals surface area contributed by atoms with Gasteiger partial charge in [-0.1, -0.05) is 19.4 Å². The van der Waals surface area contributed by atoms with Crippen LogP contribution in [0.2, 0.25) is 0 Å². The van der Waals surface area contributed by atoms with Gasteiger partial charge in [0.15, 0.2) is 11.5 Å². The highest BCUT2D eigenvalue weighted by Crippen LogP contribution is 2.32. The molecule has 0 spiro atoms. The zero-order valence-corrected chi connectivity index (χ0v) is 8.78. The van der Waals surface area contributed by atoms with Gasteiger partial charge >= 0.3 is 6.16 Å². The van der Waals surface area contributed by atoms with E-state index in [9.17, 15) is 9.90 Å². The zero-order valence-electron chi connectivity index (χ0n) is 8.78. The predicted molar refractivity (Wildman–Crippen MR) is 55.5 cm³/mol. The molecule has 0 aliphatic heterocycles. The first-order valence-corrected chi connectivity index (χ1v) is 4.78. The molecule has 0 amide bonds. The van der Waals surface area contributed by atoms with Crippen molar-refractivity contribution >= 4 is 6.16 Å². The van der Waals surface area contributed by atoms with E-state index in [4.69, 9.17) is 5.11 Å². The Morgan fingerprint density at radius 2 is 2.13 bits per heavy atom. The normalized spacial score (nSPS) is 10.0. The molecule has 4 heteroatoms. The van der Waals surface area contributed by atoms with Gasteiger partial charge < -0.3 is 14.9 Å². The van der Waals surface area contributed by atoms with Crippen LogP contribution in [0, 0.1) is 6.92 Å². The molecule has 0 aliphatic rings. The van der Waals surface area contributed by atoms with E-state index in [1.807, 2.05) is 6.92 Å². The van der Waals surface area contributed by atoms with Gasteiger partial charge in [0.05, 0.1) is 0 Å². The average molecular weight is 210 g/mol. The topological polar surface area (TPSA) is 66.8 Å². The fourth-order valence-corrected chi connectivity index (χ4v) is 1.43. The smallest absolute Gasteiger partial charge is 0.504 e. The Bertz CT molecular complexity index is 371. The second-order valence-electron chi connectivity index (χ2n) is 3.31. The van der Waals surface area contributed by atoms with Gasteiger partial charge in [0, 0.05) is 0 Å². The van der Waals surface area contributed by atoms with E-state index < -0.39 is 6.16 Å². The first-order chi connectivity index (χ1) is 7.06. The Morgan fingerprint density at radius 1 is 1.47 bits per heavy atom. The standard InChI is InChI=1S/C11H14O4/c1-3-4-8-5-6-9(15-11(13)14)10(12)7(8)2/h5-6,12H,3-4H2,1-2H3,(H,13,14). The quantitative estimate of drug-likeness (QED) is 0.594. The van der Waals surface area contributed by atoms with E-state index in [0.717, 1.165) is 18.4 Å². The summed E-state index contributed by atoms with van der Waals surface area (Å²) in [6, 6.07) is 3.25. The number of phenols is 1. The Labute approximate surface area is 88.1 Å². The summed E-state index contributed by atoms with van der Waals surface area (Å²) in [5.74, 6) is -0.108. The number of carbonyl (C=O) groups is 1. The van der Waals surface area contributed by atoms with Gasteiger partial charge in [-0.2, -0.15) is 0 Å². The van der Waals surface area contributed by atoms with E-state index in [0.29, 0.717) is 5.56 Å². The average Bonchev–Trinajstić information content (AvgIpc) is 2.17. The van der Waals surface area contributed by atoms with Crippen LogP contribution in [-0.2, 0) is 6.42 Å². The number of aromatic hydroxyl groups is 1. The van der Waals surface area contributed by atoms with Crippen LogP contribution in [0.4, 0.5) is 4.79 Å². The Morgan fingerprint density at radius 3 is 2.67 bits per heavy atom. The summed E-state index contributed by atoms with van der Waals surface area (Å²) in [6.07, 6.45) is 0.402. The number of phenolic OH excluding ortho intramolecular Hbond substituents is 1. The number of carboxylic acid groups (broad SMARTS) is 1. The van der Waals surface area contributed by atoms with Crippen LogP contribution in [0.1, 0.15) is 24.5 Å². The highest BCUT2D eigenvalue weighted by atomic mass is 16.7. The summed E-state index contributed by atoms with van der Waals surface area (Å²) in [5.41, 5.74) is 1.68. The molecule has 82 valence electrons. The minimum atomic E-state index is -1.42. The van der Waals surface area contributed by atoms with Crippen LogP contribution in [0.3, 0.4) is 0 Å². The minimum Gasteiger partial charge on any atom is -0.504 e.